The van der Waals surface area contributed by atoms with Gasteiger partial charge in [0.05, 0.1) is 7.11 Å². The number of amides is 2. The van der Waals surface area contributed by atoms with Crippen molar-refractivity contribution in [1.29, 1.82) is 0 Å². The molecule has 2 N–H and O–H groups in total. The number of urea groups is 1. The van der Waals surface area contributed by atoms with Gasteiger partial charge in [0.1, 0.15) is 11.6 Å². The zero-order valence-corrected chi connectivity index (χ0v) is 21.0. The van der Waals surface area contributed by atoms with Crippen molar-refractivity contribution in [3.8, 4) is 5.75 Å². The van der Waals surface area contributed by atoms with E-state index >= 15 is 0 Å². The number of nitrogens with one attached hydrogen (secondary N) is 2. The topological polar surface area (TPSA) is 53.6 Å². The molecule has 3 aromatic rings. The summed E-state index contributed by atoms with van der Waals surface area (Å²) in [7, 11) is 1.61. The van der Waals surface area contributed by atoms with Gasteiger partial charge in [-0.15, -0.1) is 0 Å². The first-order valence-electron chi connectivity index (χ1n) is 12.8. The molecule has 1 aliphatic rings. The molecular formula is C30H36FN3O2. The predicted molar refractivity (Wildman–Crippen MR) is 143 cm³/mol. The Balaban J connectivity index is 1.26. The average molecular weight is 490 g/mol. The summed E-state index contributed by atoms with van der Waals surface area (Å²) in [6.07, 6.45) is 4.05. The van der Waals surface area contributed by atoms with Crippen LogP contribution in [-0.2, 0) is 12.8 Å². The van der Waals surface area contributed by atoms with Crippen molar-refractivity contribution in [2.75, 3.05) is 38.6 Å². The number of anilines is 1. The Labute approximate surface area is 213 Å². The number of hydrogen-bond acceptors (Lipinski definition) is 3. The number of hydrogen-bond donors (Lipinski definition) is 2. The summed E-state index contributed by atoms with van der Waals surface area (Å²) in [6, 6.07) is 24.8. The predicted octanol–water partition coefficient (Wildman–Crippen LogP) is 5.77. The zero-order valence-electron chi connectivity index (χ0n) is 21.0. The van der Waals surface area contributed by atoms with E-state index in [0.717, 1.165) is 45.3 Å². The van der Waals surface area contributed by atoms with Crippen molar-refractivity contribution >= 4 is 11.7 Å². The molecule has 36 heavy (non-hydrogen) atoms. The molecule has 0 aromatic heterocycles. The molecule has 3 aromatic carbocycles. The minimum absolute atomic E-state index is 0.180. The van der Waals surface area contributed by atoms with E-state index in [1.165, 1.54) is 11.1 Å². The summed E-state index contributed by atoms with van der Waals surface area (Å²) in [5.41, 5.74) is 3.28. The van der Waals surface area contributed by atoms with Crippen molar-refractivity contribution in [3.05, 3.63) is 95.8 Å². The van der Waals surface area contributed by atoms with Crippen molar-refractivity contribution < 1.29 is 13.9 Å². The number of carbonyl (C=O) groups is 1. The van der Waals surface area contributed by atoms with Gasteiger partial charge in [-0.1, -0.05) is 48.5 Å². The fourth-order valence-corrected chi connectivity index (χ4v) is 5.08. The van der Waals surface area contributed by atoms with Gasteiger partial charge in [0, 0.05) is 24.8 Å². The number of rotatable bonds is 10. The highest BCUT2D eigenvalue weighted by Crippen LogP contribution is 2.30. The Kier molecular flexibility index (Phi) is 9.33. The number of halogens is 1. The first-order valence-corrected chi connectivity index (χ1v) is 12.8. The second-order valence-corrected chi connectivity index (χ2v) is 9.60. The van der Waals surface area contributed by atoms with Crippen molar-refractivity contribution in [3.63, 3.8) is 0 Å². The molecule has 2 unspecified atom stereocenters. The summed E-state index contributed by atoms with van der Waals surface area (Å²) < 4.78 is 18.6. The van der Waals surface area contributed by atoms with E-state index in [2.05, 4.69) is 45.9 Å². The smallest absolute Gasteiger partial charge is 0.319 e. The standard InChI is InChI=1S/C30H36FN3O2/c1-36-29-10-5-9-28(21-29)33-30(35)32-16-6-17-34-18-15-25(19-24-11-13-27(31)14-12-24)26(22-34)20-23-7-3-2-4-8-23/h2-5,7-14,21,25-26H,6,15-20,22H2,1H3,(H2,32,33,35). The second-order valence-electron chi connectivity index (χ2n) is 9.60. The highest BCUT2D eigenvalue weighted by Gasteiger charge is 2.29. The Morgan fingerprint density at radius 3 is 2.50 bits per heavy atom. The number of likely N-dealkylation sites (tertiary alicyclic amines) is 1. The van der Waals surface area contributed by atoms with Crippen LogP contribution in [0.15, 0.2) is 78.9 Å². The van der Waals surface area contributed by atoms with E-state index in [1.54, 1.807) is 25.3 Å². The molecule has 2 amide bonds. The van der Waals surface area contributed by atoms with Gasteiger partial charge in [-0.05, 0) is 86.0 Å². The number of nitrogens with zero attached hydrogens (tertiary/aromatic N) is 1. The summed E-state index contributed by atoms with van der Waals surface area (Å²) in [6.45, 7) is 3.66. The lowest BCUT2D eigenvalue weighted by Crippen LogP contribution is -2.43. The van der Waals surface area contributed by atoms with Crippen LogP contribution in [0, 0.1) is 17.7 Å². The first-order chi connectivity index (χ1) is 17.6. The molecule has 0 saturated carbocycles. The normalized spacial score (nSPS) is 17.9. The lowest BCUT2D eigenvalue weighted by atomic mass is 9.78. The maximum absolute atomic E-state index is 13.4. The zero-order chi connectivity index (χ0) is 25.2. The average Bonchev–Trinajstić information content (AvgIpc) is 2.90. The van der Waals surface area contributed by atoms with Crippen LogP contribution in [0.2, 0.25) is 0 Å². The quantitative estimate of drug-likeness (QED) is 0.356. The van der Waals surface area contributed by atoms with Crippen LogP contribution < -0.4 is 15.4 Å². The lowest BCUT2D eigenvalue weighted by molar-refractivity contribution is 0.117. The molecular weight excluding hydrogens is 453 g/mol. The molecule has 0 aliphatic carbocycles. The van der Waals surface area contributed by atoms with Gasteiger partial charge >= 0.3 is 6.03 Å². The largest absolute Gasteiger partial charge is 0.497 e. The molecule has 6 heteroatoms. The van der Waals surface area contributed by atoms with Crippen LogP contribution in [0.25, 0.3) is 0 Å². The molecule has 5 nitrogen and oxygen atoms in total. The van der Waals surface area contributed by atoms with Crippen molar-refractivity contribution in [2.45, 2.75) is 25.7 Å². The van der Waals surface area contributed by atoms with Gasteiger partial charge in [-0.25, -0.2) is 9.18 Å². The van der Waals surface area contributed by atoms with Gasteiger partial charge < -0.3 is 20.3 Å². The van der Waals surface area contributed by atoms with Gasteiger partial charge in [-0.3, -0.25) is 0 Å². The number of methoxy groups -OCH3 is 1. The third kappa shape index (κ3) is 7.82. The monoisotopic (exact) mass is 489 g/mol. The van der Waals surface area contributed by atoms with E-state index in [1.807, 2.05) is 30.3 Å². The van der Waals surface area contributed by atoms with E-state index in [4.69, 9.17) is 4.74 Å². The van der Waals surface area contributed by atoms with Crippen LogP contribution in [0.1, 0.15) is 24.0 Å². The van der Waals surface area contributed by atoms with Crippen LogP contribution >= 0.6 is 0 Å². The third-order valence-electron chi connectivity index (χ3n) is 6.99. The van der Waals surface area contributed by atoms with E-state index < -0.39 is 0 Å². The summed E-state index contributed by atoms with van der Waals surface area (Å²) in [4.78, 5) is 14.8. The molecule has 0 bridgehead atoms. The van der Waals surface area contributed by atoms with Gasteiger partial charge in [0.15, 0.2) is 0 Å². The summed E-state index contributed by atoms with van der Waals surface area (Å²) in [5.74, 6) is 1.63. The van der Waals surface area contributed by atoms with Crippen molar-refractivity contribution in [2.24, 2.45) is 11.8 Å². The number of ether oxygens (including phenoxy) is 1. The highest BCUT2D eigenvalue weighted by molar-refractivity contribution is 5.89. The summed E-state index contributed by atoms with van der Waals surface area (Å²) in [5, 5.41) is 5.81. The molecule has 190 valence electrons. The Bertz CT molecular complexity index is 1090. The first kappa shape index (κ1) is 25.7. The van der Waals surface area contributed by atoms with E-state index in [9.17, 15) is 9.18 Å². The van der Waals surface area contributed by atoms with Gasteiger partial charge in [0.2, 0.25) is 0 Å². The fourth-order valence-electron chi connectivity index (χ4n) is 5.08. The SMILES string of the molecule is COc1cccc(NC(=O)NCCCN2CCC(Cc3ccc(F)cc3)C(Cc3ccccc3)C2)c1. The van der Waals surface area contributed by atoms with Crippen LogP contribution in [0.5, 0.6) is 5.75 Å². The minimum Gasteiger partial charge on any atom is -0.497 e. The van der Waals surface area contributed by atoms with Crippen LogP contribution in [0.4, 0.5) is 14.9 Å². The van der Waals surface area contributed by atoms with Crippen molar-refractivity contribution in [1.82, 2.24) is 10.2 Å². The number of benzene rings is 3. The van der Waals surface area contributed by atoms with Gasteiger partial charge in [0.25, 0.3) is 0 Å². The van der Waals surface area contributed by atoms with Crippen LogP contribution in [-0.4, -0.2) is 44.2 Å². The van der Waals surface area contributed by atoms with E-state index in [0.29, 0.717) is 29.8 Å². The van der Waals surface area contributed by atoms with E-state index in [-0.39, 0.29) is 11.8 Å². The molecule has 1 saturated heterocycles. The second kappa shape index (κ2) is 13.1. The molecule has 1 heterocycles. The molecule has 1 aliphatic heterocycles. The minimum atomic E-state index is -0.205. The Morgan fingerprint density at radius 1 is 0.972 bits per heavy atom. The Morgan fingerprint density at radius 2 is 1.72 bits per heavy atom. The van der Waals surface area contributed by atoms with Crippen LogP contribution in [0.3, 0.4) is 0 Å². The molecule has 0 radical (unpaired) electrons. The maximum atomic E-state index is 13.4. The molecule has 2 atom stereocenters. The Hall–Kier alpha value is -3.38. The lowest BCUT2D eigenvalue weighted by Gasteiger charge is -2.39. The number of carbonyl (C=O) groups excluding carboxylic acids is 1. The maximum Gasteiger partial charge on any atom is 0.319 e. The molecule has 4 rings (SSSR count). The van der Waals surface area contributed by atoms with Gasteiger partial charge in [-0.2, -0.15) is 0 Å². The fraction of sp³-hybridized carbons (Fsp3) is 0.367. The molecule has 1 fully saturated rings. The number of piperidine rings is 1. The molecule has 0 spiro atoms. The third-order valence-corrected chi connectivity index (χ3v) is 6.99. The summed E-state index contributed by atoms with van der Waals surface area (Å²) >= 11 is 0. The highest BCUT2D eigenvalue weighted by atomic mass is 19.1.